The van der Waals surface area contributed by atoms with Crippen molar-refractivity contribution in [2.24, 2.45) is 5.92 Å². The van der Waals surface area contributed by atoms with E-state index < -0.39 is 0 Å². The summed E-state index contributed by atoms with van der Waals surface area (Å²) in [6, 6.07) is 6.72. The van der Waals surface area contributed by atoms with Crippen LogP contribution in [0.15, 0.2) is 27.1 Å². The summed E-state index contributed by atoms with van der Waals surface area (Å²) in [5.74, 6) is 0.948. The Bertz CT molecular complexity index is 341. The van der Waals surface area contributed by atoms with Gasteiger partial charge in [0.05, 0.1) is 5.69 Å². The van der Waals surface area contributed by atoms with Gasteiger partial charge in [0.15, 0.2) is 0 Å². The Labute approximate surface area is 114 Å². The summed E-state index contributed by atoms with van der Waals surface area (Å²) in [5.41, 5.74) is 1.18. The van der Waals surface area contributed by atoms with E-state index in [0.29, 0.717) is 6.04 Å². The predicted molar refractivity (Wildman–Crippen MR) is 76.9 cm³/mol. The number of benzene rings is 1. The summed E-state index contributed by atoms with van der Waals surface area (Å²) in [5, 5.41) is 3.58. The minimum Gasteiger partial charge on any atom is -0.381 e. The van der Waals surface area contributed by atoms with Crippen LogP contribution in [0.1, 0.15) is 32.6 Å². The number of rotatable bonds is 4. The minimum atomic E-state index is 0.542. The summed E-state index contributed by atoms with van der Waals surface area (Å²) in [7, 11) is 0. The van der Waals surface area contributed by atoms with E-state index in [9.17, 15) is 0 Å². The van der Waals surface area contributed by atoms with Crippen LogP contribution in [0.25, 0.3) is 0 Å². The molecule has 0 spiro atoms. The van der Waals surface area contributed by atoms with Crippen LogP contribution >= 0.6 is 31.9 Å². The van der Waals surface area contributed by atoms with Crippen LogP contribution < -0.4 is 5.32 Å². The third kappa shape index (κ3) is 3.01. The Hall–Kier alpha value is -0.0200. The maximum absolute atomic E-state index is 3.58. The molecule has 88 valence electrons. The van der Waals surface area contributed by atoms with Crippen LogP contribution in [0.4, 0.5) is 5.69 Å². The van der Waals surface area contributed by atoms with E-state index in [2.05, 4.69) is 56.2 Å². The summed E-state index contributed by atoms with van der Waals surface area (Å²) in [6.45, 7) is 2.27. The highest BCUT2D eigenvalue weighted by atomic mass is 79.9. The first-order valence-electron chi connectivity index (χ1n) is 5.87. The van der Waals surface area contributed by atoms with Crippen LogP contribution in [-0.4, -0.2) is 6.04 Å². The van der Waals surface area contributed by atoms with Crippen LogP contribution in [0.2, 0.25) is 0 Å². The van der Waals surface area contributed by atoms with Crippen molar-refractivity contribution in [3.63, 3.8) is 0 Å². The standard InChI is InChI=1S/C13H17Br2N/c1-9(8-10-4-2-5-10)16-13-11(14)6-3-7-12(13)15/h3,6-7,9-10,16H,2,4-5,8H2,1H3. The summed E-state index contributed by atoms with van der Waals surface area (Å²) < 4.78 is 2.25. The second kappa shape index (κ2) is 5.54. The molecule has 1 atom stereocenters. The van der Waals surface area contributed by atoms with E-state index in [1.807, 2.05) is 6.07 Å². The zero-order valence-electron chi connectivity index (χ0n) is 9.47. The van der Waals surface area contributed by atoms with Crippen molar-refractivity contribution in [2.75, 3.05) is 5.32 Å². The van der Waals surface area contributed by atoms with E-state index >= 15 is 0 Å². The maximum atomic E-state index is 3.58. The molecule has 0 amide bonds. The fraction of sp³-hybridized carbons (Fsp3) is 0.538. The quantitative estimate of drug-likeness (QED) is 0.789. The lowest BCUT2D eigenvalue weighted by molar-refractivity contribution is 0.286. The third-order valence-corrected chi connectivity index (χ3v) is 4.59. The molecule has 2 rings (SSSR count). The molecule has 1 nitrogen and oxygen atoms in total. The average Bonchev–Trinajstić information content (AvgIpc) is 2.18. The largest absolute Gasteiger partial charge is 0.381 e. The molecule has 0 bridgehead atoms. The van der Waals surface area contributed by atoms with E-state index in [-0.39, 0.29) is 0 Å². The van der Waals surface area contributed by atoms with Crippen molar-refractivity contribution in [3.05, 3.63) is 27.1 Å². The first-order chi connectivity index (χ1) is 7.66. The minimum absolute atomic E-state index is 0.542. The predicted octanol–water partition coefficient (Wildman–Crippen LogP) is 5.20. The SMILES string of the molecule is CC(CC1CCC1)Nc1c(Br)cccc1Br. The molecule has 0 saturated heterocycles. The Balaban J connectivity index is 1.96. The zero-order valence-corrected chi connectivity index (χ0v) is 12.6. The molecule has 1 N–H and O–H groups in total. The third-order valence-electron chi connectivity index (χ3n) is 3.27. The topological polar surface area (TPSA) is 12.0 Å². The molecule has 16 heavy (non-hydrogen) atoms. The van der Waals surface area contributed by atoms with Gasteiger partial charge in [0, 0.05) is 15.0 Å². The maximum Gasteiger partial charge on any atom is 0.0631 e. The van der Waals surface area contributed by atoms with Gasteiger partial charge in [-0.15, -0.1) is 0 Å². The fourth-order valence-corrected chi connectivity index (χ4v) is 3.40. The van der Waals surface area contributed by atoms with Gasteiger partial charge >= 0.3 is 0 Å². The number of hydrogen-bond donors (Lipinski definition) is 1. The Morgan fingerprint density at radius 3 is 2.44 bits per heavy atom. The summed E-state index contributed by atoms with van der Waals surface area (Å²) in [4.78, 5) is 0. The van der Waals surface area contributed by atoms with E-state index in [1.54, 1.807) is 0 Å². The van der Waals surface area contributed by atoms with Gasteiger partial charge in [0.2, 0.25) is 0 Å². The first kappa shape index (κ1) is 12.4. The van der Waals surface area contributed by atoms with Gasteiger partial charge in [-0.1, -0.05) is 25.3 Å². The molecule has 1 unspecified atom stereocenters. The Morgan fingerprint density at radius 1 is 1.31 bits per heavy atom. The van der Waals surface area contributed by atoms with Crippen LogP contribution in [0.5, 0.6) is 0 Å². The number of halogens is 2. The van der Waals surface area contributed by atoms with Crippen molar-refractivity contribution in [1.29, 1.82) is 0 Å². The van der Waals surface area contributed by atoms with Gasteiger partial charge in [-0.2, -0.15) is 0 Å². The van der Waals surface area contributed by atoms with Crippen LogP contribution in [-0.2, 0) is 0 Å². The van der Waals surface area contributed by atoms with Crippen molar-refractivity contribution < 1.29 is 0 Å². The number of hydrogen-bond acceptors (Lipinski definition) is 1. The fourth-order valence-electron chi connectivity index (χ4n) is 2.17. The number of anilines is 1. The van der Waals surface area contributed by atoms with Gasteiger partial charge in [0.1, 0.15) is 0 Å². The molecule has 0 radical (unpaired) electrons. The lowest BCUT2D eigenvalue weighted by Gasteiger charge is -2.29. The lowest BCUT2D eigenvalue weighted by atomic mass is 9.81. The molecule has 1 aromatic carbocycles. The van der Waals surface area contributed by atoms with Crippen molar-refractivity contribution in [2.45, 2.75) is 38.6 Å². The van der Waals surface area contributed by atoms with Crippen molar-refractivity contribution in [1.82, 2.24) is 0 Å². The molecular weight excluding hydrogens is 330 g/mol. The Kier molecular flexibility index (Phi) is 4.31. The van der Waals surface area contributed by atoms with E-state index in [0.717, 1.165) is 14.9 Å². The lowest BCUT2D eigenvalue weighted by Crippen LogP contribution is -2.23. The second-order valence-corrected chi connectivity index (χ2v) is 6.38. The highest BCUT2D eigenvalue weighted by molar-refractivity contribution is 9.11. The molecular formula is C13H17Br2N. The Morgan fingerprint density at radius 2 is 1.94 bits per heavy atom. The monoisotopic (exact) mass is 345 g/mol. The molecule has 1 aliphatic carbocycles. The number of para-hydroxylation sites is 1. The number of nitrogens with one attached hydrogen (secondary N) is 1. The summed E-state index contributed by atoms with van der Waals surface area (Å²) >= 11 is 7.16. The molecule has 1 aliphatic rings. The van der Waals surface area contributed by atoms with E-state index in [1.165, 1.54) is 31.4 Å². The first-order valence-corrected chi connectivity index (χ1v) is 7.46. The molecule has 0 aromatic heterocycles. The van der Waals surface area contributed by atoms with Crippen LogP contribution in [0.3, 0.4) is 0 Å². The normalized spacial score (nSPS) is 17.9. The van der Waals surface area contributed by atoms with Crippen molar-refractivity contribution in [3.8, 4) is 0 Å². The molecule has 1 saturated carbocycles. The van der Waals surface area contributed by atoms with Gasteiger partial charge in [0.25, 0.3) is 0 Å². The second-order valence-electron chi connectivity index (χ2n) is 4.67. The zero-order chi connectivity index (χ0) is 11.5. The molecule has 1 fully saturated rings. The van der Waals surface area contributed by atoms with Gasteiger partial charge in [-0.3, -0.25) is 0 Å². The highest BCUT2D eigenvalue weighted by Gasteiger charge is 2.20. The molecule has 1 aromatic rings. The molecule has 0 heterocycles. The van der Waals surface area contributed by atoms with Crippen LogP contribution in [0, 0.1) is 5.92 Å². The van der Waals surface area contributed by atoms with Crippen molar-refractivity contribution >= 4 is 37.5 Å². The molecule has 3 heteroatoms. The summed E-state index contributed by atoms with van der Waals surface area (Å²) in [6.07, 6.45) is 5.55. The smallest absolute Gasteiger partial charge is 0.0631 e. The molecule has 0 aliphatic heterocycles. The van der Waals surface area contributed by atoms with Gasteiger partial charge < -0.3 is 5.32 Å². The highest BCUT2D eigenvalue weighted by Crippen LogP contribution is 2.34. The van der Waals surface area contributed by atoms with Gasteiger partial charge in [-0.25, -0.2) is 0 Å². The average molecular weight is 347 g/mol. The van der Waals surface area contributed by atoms with Gasteiger partial charge in [-0.05, 0) is 63.3 Å². The van der Waals surface area contributed by atoms with E-state index in [4.69, 9.17) is 0 Å².